The maximum Gasteiger partial charge on any atom is 0.231 e. The van der Waals surface area contributed by atoms with Gasteiger partial charge in [-0.3, -0.25) is 9.79 Å². The highest BCUT2D eigenvalue weighted by atomic mass is 16.8. The zero-order chi connectivity index (χ0) is 29.2. The van der Waals surface area contributed by atoms with Gasteiger partial charge in [-0.2, -0.15) is 5.26 Å². The Balaban J connectivity index is 1.26. The van der Waals surface area contributed by atoms with Crippen molar-refractivity contribution in [2.45, 2.75) is 115 Å². The minimum atomic E-state index is -0.622. The molecule has 0 spiro atoms. The molecule has 2 bridgehead atoms. The van der Waals surface area contributed by atoms with Crippen LogP contribution in [0.5, 0.6) is 0 Å². The summed E-state index contributed by atoms with van der Waals surface area (Å²) < 4.78 is 19.4. The van der Waals surface area contributed by atoms with Gasteiger partial charge in [0.25, 0.3) is 0 Å². The molecular formula is C32H41N5O4. The molecular weight excluding hydrogens is 518 g/mol. The first-order valence-corrected chi connectivity index (χ1v) is 14.7. The zero-order valence-electron chi connectivity index (χ0n) is 24.9. The molecule has 9 heteroatoms. The summed E-state index contributed by atoms with van der Waals surface area (Å²) in [5, 5.41) is 12.1. The summed E-state index contributed by atoms with van der Waals surface area (Å²) in [6, 6.07) is 1.82. The topological polar surface area (TPSA) is 122 Å². The lowest BCUT2D eigenvalue weighted by molar-refractivity contribution is -0.243. The van der Waals surface area contributed by atoms with Crippen molar-refractivity contribution in [1.29, 1.82) is 5.26 Å². The second kappa shape index (κ2) is 9.75. The number of rotatable bonds is 5. The van der Waals surface area contributed by atoms with Crippen LogP contribution in [0.15, 0.2) is 46.8 Å². The van der Waals surface area contributed by atoms with E-state index in [0.717, 1.165) is 37.8 Å². The third-order valence-corrected chi connectivity index (χ3v) is 9.29. The van der Waals surface area contributed by atoms with Crippen LogP contribution in [0, 0.1) is 22.7 Å². The number of carbonyl (C=O) groups excluding carboxylic acids is 1. The van der Waals surface area contributed by atoms with Gasteiger partial charge in [0.1, 0.15) is 24.1 Å². The molecule has 9 nitrogen and oxygen atoms in total. The Kier molecular flexibility index (Phi) is 6.68. The number of hydrogen-bond donors (Lipinski definition) is 2. The van der Waals surface area contributed by atoms with Gasteiger partial charge >= 0.3 is 0 Å². The number of fused-ring (bicyclic) bond motifs is 5. The van der Waals surface area contributed by atoms with Crippen LogP contribution < -0.4 is 5.32 Å². The van der Waals surface area contributed by atoms with Crippen LogP contribution in [0.4, 0.5) is 0 Å². The van der Waals surface area contributed by atoms with E-state index < -0.39 is 17.0 Å². The van der Waals surface area contributed by atoms with E-state index in [1.807, 2.05) is 26.0 Å². The molecule has 1 unspecified atom stereocenters. The second-order valence-corrected chi connectivity index (χ2v) is 14.0. The SMILES string of the molecule is CC1(C)CC=C(C2C=C(NC(=O)Cc3nc(C#N)c[nH]3)C=CC([C@H]3C[C@@]4(C)O[C@@](C)(C3)[C@@H]3OC(C)(C)O[C@@H]34)=N2)CC1. The predicted molar refractivity (Wildman–Crippen MR) is 154 cm³/mol. The Bertz CT molecular complexity index is 1380. The lowest BCUT2D eigenvalue weighted by Gasteiger charge is -2.43. The summed E-state index contributed by atoms with van der Waals surface area (Å²) in [7, 11) is 0. The normalized spacial score (nSPS) is 36.9. The average Bonchev–Trinajstić information content (AvgIpc) is 3.45. The standard InChI is InChI=1S/C32H41N5O4/c1-29(2)11-9-19(10-12-29)24-13-21(36-26(38)14-25-34-18-22(17-33)35-25)7-8-23(37-24)20-15-31(5)27-28(32(6,16-20)41-31)40-30(3,4)39-27/h7-9,13,18,20,24,27-28H,10-12,14-16H2,1-6H3,(H,34,35)(H,36,38)/t20-,24?,27-,28+,31+,32-. The van der Waals surface area contributed by atoms with Crippen molar-refractivity contribution in [3.8, 4) is 6.07 Å². The van der Waals surface area contributed by atoms with Gasteiger partial charge in [-0.1, -0.05) is 19.9 Å². The molecule has 0 saturated carbocycles. The Morgan fingerprint density at radius 2 is 1.83 bits per heavy atom. The Morgan fingerprint density at radius 3 is 2.44 bits per heavy atom. The molecule has 4 aliphatic heterocycles. The summed E-state index contributed by atoms with van der Waals surface area (Å²) in [4.78, 5) is 25.4. The van der Waals surface area contributed by atoms with E-state index in [1.54, 1.807) is 0 Å². The highest BCUT2D eigenvalue weighted by Crippen LogP contribution is 2.57. The summed E-state index contributed by atoms with van der Waals surface area (Å²) in [5.41, 5.74) is 2.62. The number of nitrogens with one attached hydrogen (secondary N) is 2. The number of imidazole rings is 1. The van der Waals surface area contributed by atoms with E-state index in [4.69, 9.17) is 24.5 Å². The number of nitrogens with zero attached hydrogens (tertiary/aromatic N) is 3. The van der Waals surface area contributed by atoms with Crippen LogP contribution in [0.3, 0.4) is 0 Å². The number of aliphatic imine (C=N–C) groups is 1. The van der Waals surface area contributed by atoms with Gasteiger partial charge in [-0.05, 0) is 89.0 Å². The molecule has 41 heavy (non-hydrogen) atoms. The maximum absolute atomic E-state index is 13.0. The number of ether oxygens (including phenoxy) is 3. The molecule has 1 amide bonds. The summed E-state index contributed by atoms with van der Waals surface area (Å²) in [5.74, 6) is -0.200. The van der Waals surface area contributed by atoms with Crippen molar-refractivity contribution in [1.82, 2.24) is 15.3 Å². The van der Waals surface area contributed by atoms with Crippen LogP contribution in [0.2, 0.25) is 0 Å². The number of aromatic amines is 1. The van der Waals surface area contributed by atoms with E-state index >= 15 is 0 Å². The molecule has 2 N–H and O–H groups in total. The molecule has 5 aliphatic rings. The molecule has 1 aromatic heterocycles. The molecule has 1 aromatic rings. The fraction of sp³-hybridized carbons (Fsp3) is 0.625. The predicted octanol–water partition coefficient (Wildman–Crippen LogP) is 4.82. The lowest BCUT2D eigenvalue weighted by atomic mass is 9.77. The highest BCUT2D eigenvalue weighted by Gasteiger charge is 2.68. The molecule has 3 saturated heterocycles. The van der Waals surface area contributed by atoms with Crippen LogP contribution in [-0.4, -0.2) is 56.8 Å². The van der Waals surface area contributed by atoms with Gasteiger partial charge in [-0.15, -0.1) is 0 Å². The van der Waals surface area contributed by atoms with Gasteiger partial charge in [0.05, 0.1) is 23.7 Å². The monoisotopic (exact) mass is 559 g/mol. The van der Waals surface area contributed by atoms with Gasteiger partial charge in [-0.25, -0.2) is 4.98 Å². The Labute approximate surface area is 242 Å². The maximum atomic E-state index is 13.0. The molecule has 1 aliphatic carbocycles. The minimum absolute atomic E-state index is 0.0535. The molecule has 5 heterocycles. The Morgan fingerprint density at radius 1 is 1.12 bits per heavy atom. The molecule has 0 aromatic carbocycles. The molecule has 3 fully saturated rings. The number of H-pyrrole nitrogens is 1. The first-order chi connectivity index (χ1) is 19.3. The number of aromatic nitrogens is 2. The number of nitriles is 1. The lowest BCUT2D eigenvalue weighted by Crippen LogP contribution is -2.48. The van der Waals surface area contributed by atoms with Crippen molar-refractivity contribution in [2.75, 3.05) is 0 Å². The fourth-order valence-electron chi connectivity index (χ4n) is 7.26. The minimum Gasteiger partial charge on any atom is -0.363 e. The zero-order valence-corrected chi connectivity index (χ0v) is 24.9. The van der Waals surface area contributed by atoms with E-state index in [1.165, 1.54) is 11.8 Å². The number of allylic oxidation sites excluding steroid dienone is 3. The third kappa shape index (κ3) is 5.45. The van der Waals surface area contributed by atoms with Crippen LogP contribution in [-0.2, 0) is 25.4 Å². The van der Waals surface area contributed by atoms with Crippen molar-refractivity contribution in [2.24, 2.45) is 16.3 Å². The van der Waals surface area contributed by atoms with Crippen molar-refractivity contribution in [3.63, 3.8) is 0 Å². The number of carbonyl (C=O) groups is 1. The highest BCUT2D eigenvalue weighted by molar-refractivity contribution is 5.98. The first kappa shape index (κ1) is 28.1. The first-order valence-electron chi connectivity index (χ1n) is 14.7. The number of amides is 1. The quantitative estimate of drug-likeness (QED) is 0.499. The van der Waals surface area contributed by atoms with Crippen molar-refractivity contribution < 1.29 is 19.0 Å². The van der Waals surface area contributed by atoms with E-state index in [-0.39, 0.29) is 47.6 Å². The van der Waals surface area contributed by atoms with Gasteiger partial charge in [0.2, 0.25) is 5.91 Å². The molecule has 6 rings (SSSR count). The average molecular weight is 560 g/mol. The Hall–Kier alpha value is -3.06. The summed E-state index contributed by atoms with van der Waals surface area (Å²) in [6.45, 7) is 12.9. The summed E-state index contributed by atoms with van der Waals surface area (Å²) >= 11 is 0. The van der Waals surface area contributed by atoms with Crippen molar-refractivity contribution >= 4 is 11.6 Å². The van der Waals surface area contributed by atoms with E-state index in [9.17, 15) is 4.79 Å². The van der Waals surface area contributed by atoms with Crippen LogP contribution in [0.25, 0.3) is 0 Å². The van der Waals surface area contributed by atoms with E-state index in [0.29, 0.717) is 11.5 Å². The third-order valence-electron chi connectivity index (χ3n) is 9.29. The number of hydrogen-bond acceptors (Lipinski definition) is 7. The van der Waals surface area contributed by atoms with Crippen LogP contribution >= 0.6 is 0 Å². The van der Waals surface area contributed by atoms with Crippen molar-refractivity contribution in [3.05, 3.63) is 53.3 Å². The smallest absolute Gasteiger partial charge is 0.231 e. The second-order valence-electron chi connectivity index (χ2n) is 14.0. The molecule has 0 radical (unpaired) electrons. The van der Waals surface area contributed by atoms with Gasteiger partial charge in [0, 0.05) is 23.5 Å². The van der Waals surface area contributed by atoms with Gasteiger partial charge < -0.3 is 24.5 Å². The van der Waals surface area contributed by atoms with Gasteiger partial charge in [0.15, 0.2) is 11.5 Å². The van der Waals surface area contributed by atoms with Crippen LogP contribution in [0.1, 0.15) is 85.2 Å². The fourth-order valence-corrected chi connectivity index (χ4v) is 7.26. The molecule has 218 valence electrons. The molecule has 6 atom stereocenters. The summed E-state index contributed by atoms with van der Waals surface area (Å²) in [6.07, 6.45) is 14.4. The largest absolute Gasteiger partial charge is 0.363 e. The van der Waals surface area contributed by atoms with E-state index in [2.05, 4.69) is 61.2 Å².